The molecule has 0 radical (unpaired) electrons. The average molecular weight is 394 g/mol. The van der Waals surface area contributed by atoms with Gasteiger partial charge in [0.05, 0.1) is 5.69 Å². The second-order valence-electron chi connectivity index (χ2n) is 8.63. The van der Waals surface area contributed by atoms with Gasteiger partial charge < -0.3 is 10.5 Å². The van der Waals surface area contributed by atoms with E-state index in [2.05, 4.69) is 67.2 Å². The van der Waals surface area contributed by atoms with Gasteiger partial charge in [0.2, 0.25) is 0 Å². The van der Waals surface area contributed by atoms with E-state index < -0.39 is 8.07 Å². The lowest BCUT2D eigenvalue weighted by molar-refractivity contribution is 0.0798. The largest absolute Gasteiger partial charge is 0.399 e. The van der Waals surface area contributed by atoms with E-state index in [1.54, 1.807) is 0 Å². The molecule has 2 N–H and O–H groups in total. The van der Waals surface area contributed by atoms with Crippen LogP contribution in [0.1, 0.15) is 16.7 Å². The fourth-order valence-corrected chi connectivity index (χ4v) is 3.80. The molecule has 0 spiro atoms. The summed E-state index contributed by atoms with van der Waals surface area (Å²) in [7, 11) is -1.06. The Morgan fingerprint density at radius 1 is 1.00 bits per heavy atom. The first kappa shape index (κ1) is 20.4. The Balaban J connectivity index is 1.64. The van der Waals surface area contributed by atoms with Crippen molar-refractivity contribution in [3.8, 4) is 11.3 Å². The molecule has 0 aliphatic heterocycles. The highest BCUT2D eigenvalue weighted by molar-refractivity contribution is 6.76. The molecule has 1 aromatic heterocycles. The highest BCUT2D eigenvalue weighted by atomic mass is 28.3. The molecule has 0 atom stereocenters. The summed E-state index contributed by atoms with van der Waals surface area (Å²) in [4.78, 5) is 0. The molecule has 0 aliphatic rings. The minimum absolute atomic E-state index is 0.497. The van der Waals surface area contributed by atoms with Crippen molar-refractivity contribution in [1.82, 2.24) is 9.78 Å². The predicted octanol–water partition coefficient (Wildman–Crippen LogP) is 5.34. The first-order valence-electron chi connectivity index (χ1n) is 9.86. The molecule has 3 aromatic rings. The topological polar surface area (TPSA) is 53.1 Å². The van der Waals surface area contributed by atoms with Crippen molar-refractivity contribution in [3.05, 3.63) is 71.4 Å². The fourth-order valence-electron chi connectivity index (χ4n) is 3.04. The van der Waals surface area contributed by atoms with E-state index >= 15 is 0 Å². The molecule has 3 rings (SSSR count). The Morgan fingerprint density at radius 3 is 2.39 bits per heavy atom. The molecule has 0 bridgehead atoms. The van der Waals surface area contributed by atoms with Gasteiger partial charge in [-0.25, -0.2) is 4.68 Å². The van der Waals surface area contributed by atoms with Gasteiger partial charge in [-0.2, -0.15) is 5.10 Å². The van der Waals surface area contributed by atoms with Crippen molar-refractivity contribution in [2.24, 2.45) is 0 Å². The molecule has 148 valence electrons. The van der Waals surface area contributed by atoms with Gasteiger partial charge in [-0.1, -0.05) is 56.0 Å². The number of nitrogens with two attached hydrogens (primary N) is 1. The van der Waals surface area contributed by atoms with Crippen molar-refractivity contribution in [2.45, 2.75) is 45.8 Å². The molecule has 28 heavy (non-hydrogen) atoms. The monoisotopic (exact) mass is 393 g/mol. The Labute approximate surface area is 169 Å². The number of hydrogen-bond acceptors (Lipinski definition) is 3. The van der Waals surface area contributed by atoms with Crippen LogP contribution in [0.4, 0.5) is 5.69 Å². The third kappa shape index (κ3) is 5.56. The van der Waals surface area contributed by atoms with Crippen molar-refractivity contribution in [2.75, 3.05) is 12.3 Å². The summed E-state index contributed by atoms with van der Waals surface area (Å²) in [6.07, 6.45) is 2.71. The summed E-state index contributed by atoms with van der Waals surface area (Å²) in [5.74, 6) is 0. The van der Waals surface area contributed by atoms with Crippen LogP contribution in [0.3, 0.4) is 0 Å². The molecular weight excluding hydrogens is 362 g/mol. The van der Waals surface area contributed by atoms with Crippen LogP contribution in [0.25, 0.3) is 11.3 Å². The molecule has 0 unspecified atom stereocenters. The Morgan fingerprint density at radius 2 is 1.71 bits per heavy atom. The van der Waals surface area contributed by atoms with Crippen LogP contribution in [0.5, 0.6) is 0 Å². The zero-order valence-corrected chi connectivity index (χ0v) is 18.4. The Bertz CT molecular complexity index is 910. The lowest BCUT2D eigenvalue weighted by Gasteiger charge is -2.16. The van der Waals surface area contributed by atoms with E-state index in [4.69, 9.17) is 10.5 Å². The maximum absolute atomic E-state index is 6.03. The lowest BCUT2D eigenvalue weighted by atomic mass is 10.0. The van der Waals surface area contributed by atoms with Crippen LogP contribution >= 0.6 is 0 Å². The molecule has 0 aliphatic carbocycles. The van der Waals surface area contributed by atoms with Crippen LogP contribution in [0.2, 0.25) is 25.7 Å². The molecular formula is C23H31N3OSi. The lowest BCUT2D eigenvalue weighted by Crippen LogP contribution is -2.22. The number of aryl methyl sites for hydroxylation is 1. The summed E-state index contributed by atoms with van der Waals surface area (Å²) in [5.41, 5.74) is 12.7. The van der Waals surface area contributed by atoms with Crippen LogP contribution < -0.4 is 5.73 Å². The number of rotatable bonds is 8. The first-order chi connectivity index (χ1) is 13.3. The molecule has 0 saturated heterocycles. The van der Waals surface area contributed by atoms with Gasteiger partial charge in [-0.3, -0.25) is 0 Å². The molecule has 2 aromatic carbocycles. The van der Waals surface area contributed by atoms with Gasteiger partial charge in [-0.05, 0) is 53.8 Å². The van der Waals surface area contributed by atoms with E-state index in [1.165, 1.54) is 17.2 Å². The molecule has 0 amide bonds. The normalized spacial score (nSPS) is 11.7. The third-order valence-electron chi connectivity index (χ3n) is 4.93. The highest BCUT2D eigenvalue weighted by Crippen LogP contribution is 2.22. The molecule has 1 heterocycles. The summed E-state index contributed by atoms with van der Waals surface area (Å²) in [6.45, 7) is 10.4. The number of nitrogen functional groups attached to an aromatic ring is 1. The number of aromatic nitrogens is 2. The Kier molecular flexibility index (Phi) is 6.37. The van der Waals surface area contributed by atoms with Gasteiger partial charge in [0.25, 0.3) is 0 Å². The zero-order valence-electron chi connectivity index (χ0n) is 17.4. The summed E-state index contributed by atoms with van der Waals surface area (Å²) >= 11 is 0. The standard InChI is InChI=1S/C23H31N3OSi/c1-18-5-6-20(16-22(18)24)15-19-7-9-21(10-8-19)23-11-12-25-26(23)17-27-13-14-28(2,3)4/h5-12,16H,13-15,17,24H2,1-4H3. The SMILES string of the molecule is Cc1ccc(Cc2ccc(-c3ccnn3COCC[Si](C)(C)C)cc2)cc1N. The van der Waals surface area contributed by atoms with Crippen molar-refractivity contribution < 1.29 is 4.74 Å². The Hall–Kier alpha value is -2.37. The molecule has 0 fully saturated rings. The van der Waals surface area contributed by atoms with E-state index in [0.717, 1.165) is 35.5 Å². The quantitative estimate of drug-likeness (QED) is 0.319. The smallest absolute Gasteiger partial charge is 0.139 e. The van der Waals surface area contributed by atoms with Crippen molar-refractivity contribution in [3.63, 3.8) is 0 Å². The maximum atomic E-state index is 6.03. The van der Waals surface area contributed by atoms with Gasteiger partial charge in [0.15, 0.2) is 0 Å². The summed E-state index contributed by atoms with van der Waals surface area (Å²) in [6, 6.07) is 18.2. The predicted molar refractivity (Wildman–Crippen MR) is 120 cm³/mol. The average Bonchev–Trinajstić information content (AvgIpc) is 3.10. The van der Waals surface area contributed by atoms with Gasteiger partial charge in [0.1, 0.15) is 6.73 Å². The minimum atomic E-state index is -1.06. The molecule has 0 saturated carbocycles. The second-order valence-corrected chi connectivity index (χ2v) is 14.2. The van der Waals surface area contributed by atoms with E-state index in [0.29, 0.717) is 6.73 Å². The molecule has 5 heteroatoms. The van der Waals surface area contributed by atoms with E-state index in [1.807, 2.05) is 23.9 Å². The third-order valence-corrected chi connectivity index (χ3v) is 6.63. The van der Waals surface area contributed by atoms with Gasteiger partial charge in [-0.15, -0.1) is 0 Å². The van der Waals surface area contributed by atoms with Crippen molar-refractivity contribution in [1.29, 1.82) is 0 Å². The highest BCUT2D eigenvalue weighted by Gasteiger charge is 2.12. The van der Waals surface area contributed by atoms with Crippen molar-refractivity contribution >= 4 is 13.8 Å². The molecule has 4 nitrogen and oxygen atoms in total. The minimum Gasteiger partial charge on any atom is -0.399 e. The van der Waals surface area contributed by atoms with Gasteiger partial charge in [0, 0.05) is 26.6 Å². The number of nitrogens with zero attached hydrogens (tertiary/aromatic N) is 2. The van der Waals surface area contributed by atoms with Crippen LogP contribution in [0, 0.1) is 6.92 Å². The maximum Gasteiger partial charge on any atom is 0.139 e. The zero-order chi connectivity index (χ0) is 20.1. The van der Waals surface area contributed by atoms with E-state index in [9.17, 15) is 0 Å². The second kappa shape index (κ2) is 8.75. The first-order valence-corrected chi connectivity index (χ1v) is 13.6. The number of ether oxygens (including phenoxy) is 1. The fraction of sp³-hybridized carbons (Fsp3) is 0.348. The van der Waals surface area contributed by atoms with Crippen LogP contribution in [0.15, 0.2) is 54.7 Å². The summed E-state index contributed by atoms with van der Waals surface area (Å²) in [5, 5.41) is 4.42. The van der Waals surface area contributed by atoms with E-state index in [-0.39, 0.29) is 0 Å². The number of hydrogen-bond donors (Lipinski definition) is 1. The number of benzene rings is 2. The van der Waals surface area contributed by atoms with Crippen LogP contribution in [-0.4, -0.2) is 24.5 Å². The van der Waals surface area contributed by atoms with Gasteiger partial charge >= 0.3 is 0 Å². The number of anilines is 1. The van der Waals surface area contributed by atoms with Crippen LogP contribution in [-0.2, 0) is 17.9 Å². The summed E-state index contributed by atoms with van der Waals surface area (Å²) < 4.78 is 7.79.